The van der Waals surface area contributed by atoms with Gasteiger partial charge in [0.15, 0.2) is 0 Å². The minimum Gasteiger partial charge on any atom is -0.508 e. The van der Waals surface area contributed by atoms with Gasteiger partial charge in [-0.1, -0.05) is 0 Å². The zero-order valence-electron chi connectivity index (χ0n) is 7.80. The zero-order valence-corrected chi connectivity index (χ0v) is 7.80. The Morgan fingerprint density at radius 2 is 1.93 bits per heavy atom. The van der Waals surface area contributed by atoms with Crippen LogP contribution in [0.4, 0.5) is 0 Å². The number of carboxylic acid groups (broad SMARTS) is 1. The number of aromatic hydroxyl groups is 2. The summed E-state index contributed by atoms with van der Waals surface area (Å²) in [5, 5.41) is 27.3. The van der Waals surface area contributed by atoms with E-state index in [9.17, 15) is 19.8 Å². The Balaban J connectivity index is 3.11. The molecule has 1 rings (SSSR count). The summed E-state index contributed by atoms with van der Waals surface area (Å²) in [6.45, 7) is 0. The molecule has 5 heteroatoms. The SMILES string of the molecule is O=CCCc1cc(C(=O)O)c(O)cc1O. The van der Waals surface area contributed by atoms with Crippen LogP contribution in [0.15, 0.2) is 12.1 Å². The van der Waals surface area contributed by atoms with Gasteiger partial charge in [-0.15, -0.1) is 0 Å². The van der Waals surface area contributed by atoms with Gasteiger partial charge in [-0.3, -0.25) is 0 Å². The molecule has 0 aromatic heterocycles. The summed E-state index contributed by atoms with van der Waals surface area (Å²) in [5.41, 5.74) is 0.0472. The van der Waals surface area contributed by atoms with Crippen LogP contribution < -0.4 is 0 Å². The molecule has 1 aromatic carbocycles. The first-order valence-electron chi connectivity index (χ1n) is 4.28. The van der Waals surface area contributed by atoms with Gasteiger partial charge >= 0.3 is 5.97 Å². The lowest BCUT2D eigenvalue weighted by atomic mass is 10.0. The summed E-state index contributed by atoms with van der Waals surface area (Å²) in [5.74, 6) is -1.98. The van der Waals surface area contributed by atoms with Crippen molar-refractivity contribution < 1.29 is 24.9 Å². The largest absolute Gasteiger partial charge is 0.508 e. The summed E-state index contributed by atoms with van der Waals surface area (Å²) in [6.07, 6.45) is 1.11. The Labute approximate surface area is 85.6 Å². The molecule has 0 aliphatic rings. The van der Waals surface area contributed by atoms with Gasteiger partial charge in [0, 0.05) is 12.5 Å². The van der Waals surface area contributed by atoms with Gasteiger partial charge in [-0.05, 0) is 18.1 Å². The lowest BCUT2D eigenvalue weighted by molar-refractivity contribution is -0.107. The molecule has 0 saturated carbocycles. The highest BCUT2D eigenvalue weighted by Crippen LogP contribution is 2.28. The third kappa shape index (κ3) is 2.46. The number of phenols is 2. The summed E-state index contributed by atoms with van der Waals surface area (Å²) in [6, 6.07) is 2.13. The molecule has 0 atom stereocenters. The Kier molecular flexibility index (Phi) is 3.28. The Morgan fingerprint density at radius 1 is 1.27 bits per heavy atom. The van der Waals surface area contributed by atoms with Gasteiger partial charge in [0.2, 0.25) is 0 Å². The van der Waals surface area contributed by atoms with E-state index in [1.807, 2.05) is 0 Å². The number of carbonyl (C=O) groups is 2. The van der Waals surface area contributed by atoms with Crippen LogP contribution in [0, 0.1) is 0 Å². The third-order valence-electron chi connectivity index (χ3n) is 1.96. The van der Waals surface area contributed by atoms with E-state index in [0.29, 0.717) is 11.8 Å². The monoisotopic (exact) mass is 210 g/mol. The van der Waals surface area contributed by atoms with Crippen molar-refractivity contribution in [2.75, 3.05) is 0 Å². The predicted octanol–water partition coefficient (Wildman–Crippen LogP) is 0.927. The molecule has 5 nitrogen and oxygen atoms in total. The first-order valence-corrected chi connectivity index (χ1v) is 4.28. The quantitative estimate of drug-likeness (QED) is 0.642. The second-order valence-corrected chi connectivity index (χ2v) is 3.01. The average Bonchev–Trinajstić information content (AvgIpc) is 2.16. The van der Waals surface area contributed by atoms with Gasteiger partial charge in [0.1, 0.15) is 23.3 Å². The second kappa shape index (κ2) is 4.45. The molecule has 0 aliphatic carbocycles. The minimum atomic E-state index is -1.28. The molecular formula is C10H10O5. The van der Waals surface area contributed by atoms with Crippen molar-refractivity contribution in [1.29, 1.82) is 0 Å². The molecule has 3 N–H and O–H groups in total. The van der Waals surface area contributed by atoms with E-state index < -0.39 is 11.7 Å². The lowest BCUT2D eigenvalue weighted by Crippen LogP contribution is -1.99. The number of hydrogen-bond acceptors (Lipinski definition) is 4. The topological polar surface area (TPSA) is 94.8 Å². The van der Waals surface area contributed by atoms with Crippen LogP contribution >= 0.6 is 0 Å². The number of carbonyl (C=O) groups excluding carboxylic acids is 1. The maximum Gasteiger partial charge on any atom is 0.339 e. The highest BCUT2D eigenvalue weighted by molar-refractivity contribution is 5.91. The number of phenolic OH excluding ortho intramolecular Hbond substituents is 1. The molecule has 0 aliphatic heterocycles. The number of carboxylic acids is 1. The van der Waals surface area contributed by atoms with Crippen molar-refractivity contribution in [3.63, 3.8) is 0 Å². The fourth-order valence-corrected chi connectivity index (χ4v) is 1.21. The van der Waals surface area contributed by atoms with Crippen LogP contribution in [0.2, 0.25) is 0 Å². The highest BCUT2D eigenvalue weighted by Gasteiger charge is 2.13. The Hall–Kier alpha value is -2.04. The molecular weight excluding hydrogens is 200 g/mol. The van der Waals surface area contributed by atoms with E-state index in [-0.39, 0.29) is 24.2 Å². The smallest absolute Gasteiger partial charge is 0.339 e. The van der Waals surface area contributed by atoms with Crippen molar-refractivity contribution in [2.45, 2.75) is 12.8 Å². The van der Waals surface area contributed by atoms with Crippen molar-refractivity contribution in [3.05, 3.63) is 23.3 Å². The van der Waals surface area contributed by atoms with Crippen LogP contribution in [0.25, 0.3) is 0 Å². The van der Waals surface area contributed by atoms with Crippen LogP contribution in [-0.2, 0) is 11.2 Å². The number of benzene rings is 1. The molecule has 0 saturated heterocycles. The average molecular weight is 210 g/mol. The predicted molar refractivity (Wildman–Crippen MR) is 51.1 cm³/mol. The van der Waals surface area contributed by atoms with Gasteiger partial charge in [-0.2, -0.15) is 0 Å². The minimum absolute atomic E-state index is 0.192. The second-order valence-electron chi connectivity index (χ2n) is 3.01. The summed E-state index contributed by atoms with van der Waals surface area (Å²) < 4.78 is 0. The normalized spacial score (nSPS) is 9.87. The van der Waals surface area contributed by atoms with Crippen molar-refractivity contribution in [1.82, 2.24) is 0 Å². The number of aryl methyl sites for hydroxylation is 1. The van der Waals surface area contributed by atoms with Crippen LogP contribution in [-0.4, -0.2) is 27.6 Å². The molecule has 0 radical (unpaired) electrons. The van der Waals surface area contributed by atoms with E-state index in [1.165, 1.54) is 0 Å². The van der Waals surface area contributed by atoms with Gasteiger partial charge in [0.25, 0.3) is 0 Å². The van der Waals surface area contributed by atoms with Crippen molar-refractivity contribution in [2.24, 2.45) is 0 Å². The molecule has 80 valence electrons. The van der Waals surface area contributed by atoms with E-state index in [4.69, 9.17) is 5.11 Å². The number of hydrogen-bond donors (Lipinski definition) is 3. The molecule has 0 spiro atoms. The van der Waals surface area contributed by atoms with Crippen molar-refractivity contribution in [3.8, 4) is 11.5 Å². The number of aldehydes is 1. The molecule has 0 unspecified atom stereocenters. The first kappa shape index (κ1) is 11.0. The summed E-state index contributed by atoms with van der Waals surface area (Å²) in [7, 11) is 0. The molecule has 0 amide bonds. The van der Waals surface area contributed by atoms with Crippen LogP contribution in [0.3, 0.4) is 0 Å². The zero-order chi connectivity index (χ0) is 11.4. The molecule has 0 heterocycles. The van der Waals surface area contributed by atoms with Gasteiger partial charge < -0.3 is 20.1 Å². The van der Waals surface area contributed by atoms with E-state index in [1.54, 1.807) is 0 Å². The van der Waals surface area contributed by atoms with Crippen molar-refractivity contribution >= 4 is 12.3 Å². The van der Waals surface area contributed by atoms with Gasteiger partial charge in [0.05, 0.1) is 0 Å². The third-order valence-corrected chi connectivity index (χ3v) is 1.96. The highest BCUT2D eigenvalue weighted by atomic mass is 16.4. The molecule has 0 fully saturated rings. The summed E-state index contributed by atoms with van der Waals surface area (Å²) in [4.78, 5) is 20.8. The fraction of sp³-hybridized carbons (Fsp3) is 0.200. The molecule has 1 aromatic rings. The lowest BCUT2D eigenvalue weighted by Gasteiger charge is -2.06. The van der Waals surface area contributed by atoms with E-state index in [0.717, 1.165) is 12.1 Å². The number of aromatic carboxylic acids is 1. The Bertz CT molecular complexity index is 397. The maximum atomic E-state index is 10.6. The van der Waals surface area contributed by atoms with E-state index in [2.05, 4.69) is 0 Å². The molecule has 0 bridgehead atoms. The van der Waals surface area contributed by atoms with E-state index >= 15 is 0 Å². The van der Waals surface area contributed by atoms with Gasteiger partial charge in [-0.25, -0.2) is 4.79 Å². The summed E-state index contributed by atoms with van der Waals surface area (Å²) >= 11 is 0. The molecule has 15 heavy (non-hydrogen) atoms. The Morgan fingerprint density at radius 3 is 2.47 bits per heavy atom. The first-order chi connectivity index (χ1) is 7.06. The number of rotatable bonds is 4. The maximum absolute atomic E-state index is 10.6. The fourth-order valence-electron chi connectivity index (χ4n) is 1.21. The van der Waals surface area contributed by atoms with Crippen LogP contribution in [0.1, 0.15) is 22.3 Å². The van der Waals surface area contributed by atoms with Crippen LogP contribution in [0.5, 0.6) is 11.5 Å². The standard InChI is InChI=1S/C10H10O5/c11-3-1-2-6-4-7(10(14)15)9(13)5-8(6)12/h3-5,12-13H,1-2H2,(H,14,15).